The zero-order chi connectivity index (χ0) is 18.3. The molecule has 1 saturated carbocycles. The van der Waals surface area contributed by atoms with Gasteiger partial charge in [0.15, 0.2) is 0 Å². The normalized spacial score (nSPS) is 15.0. The molecule has 0 unspecified atom stereocenters. The van der Waals surface area contributed by atoms with E-state index in [1.54, 1.807) is 12.1 Å². The van der Waals surface area contributed by atoms with E-state index in [-0.39, 0.29) is 17.7 Å². The Balaban J connectivity index is 1.63. The maximum absolute atomic E-state index is 12.1. The average molecular weight is 392 g/mol. The molecule has 0 aliphatic heterocycles. The van der Waals surface area contributed by atoms with Gasteiger partial charge in [0, 0.05) is 4.88 Å². The molecule has 4 rings (SSSR count). The van der Waals surface area contributed by atoms with Crippen LogP contribution in [0.5, 0.6) is 5.88 Å². The van der Waals surface area contributed by atoms with E-state index >= 15 is 0 Å². The summed E-state index contributed by atoms with van der Waals surface area (Å²) in [6.07, 6.45) is 3.45. The lowest BCUT2D eigenvalue weighted by Crippen LogP contribution is -2.26. The molecule has 1 aliphatic rings. The van der Waals surface area contributed by atoms with Crippen molar-refractivity contribution in [2.45, 2.75) is 31.7 Å². The van der Waals surface area contributed by atoms with Crippen molar-refractivity contribution in [1.82, 2.24) is 15.3 Å². The Labute approximate surface area is 157 Å². The van der Waals surface area contributed by atoms with Gasteiger partial charge in [0.25, 0.3) is 0 Å². The van der Waals surface area contributed by atoms with Gasteiger partial charge in [-0.15, -0.1) is 11.3 Å². The number of ether oxygens (including phenoxy) is 1. The first-order valence-corrected chi connectivity index (χ1v) is 9.13. The average Bonchev–Trinajstić information content (AvgIpc) is 3.08. The Morgan fingerprint density at radius 1 is 1.50 bits per heavy atom. The molecule has 26 heavy (non-hydrogen) atoms. The number of fused-ring (bicyclic) bond motifs is 1. The summed E-state index contributed by atoms with van der Waals surface area (Å²) in [5, 5.41) is 2.56. The number of aromatic nitrogens is 2. The largest absolute Gasteiger partial charge is 0.467 e. The molecule has 0 radical (unpaired) electrons. The second-order valence-corrected chi connectivity index (χ2v) is 7.49. The highest BCUT2D eigenvalue weighted by Gasteiger charge is 2.47. The molecule has 134 valence electrons. The minimum atomic E-state index is -0.679. The summed E-state index contributed by atoms with van der Waals surface area (Å²) in [7, 11) is 0. The van der Waals surface area contributed by atoms with Gasteiger partial charge in [-0.2, -0.15) is 4.98 Å². The van der Waals surface area contributed by atoms with E-state index in [4.69, 9.17) is 20.8 Å². The molecule has 1 fully saturated rings. The third-order valence-corrected chi connectivity index (χ3v) is 6.01. The SMILES string of the molecule is Cc1c(C2(C=O)CC2)sc2c(OC(=O)NCc3ccco3)nc(Cl)nc12. The fraction of sp³-hybridized carbons (Fsp3) is 0.294. The summed E-state index contributed by atoms with van der Waals surface area (Å²) in [5.41, 5.74) is 1.03. The number of thiophene rings is 1. The number of amides is 1. The number of carbonyl (C=O) groups excluding carboxylic acids is 2. The van der Waals surface area contributed by atoms with Crippen molar-refractivity contribution in [3.63, 3.8) is 0 Å². The highest BCUT2D eigenvalue weighted by atomic mass is 35.5. The first-order valence-electron chi connectivity index (χ1n) is 7.94. The second kappa shape index (κ2) is 6.37. The number of furan rings is 1. The molecule has 7 nitrogen and oxygen atoms in total. The van der Waals surface area contributed by atoms with E-state index in [0.717, 1.165) is 29.6 Å². The minimum Gasteiger partial charge on any atom is -0.467 e. The van der Waals surface area contributed by atoms with Crippen molar-refractivity contribution in [2.75, 3.05) is 0 Å². The lowest BCUT2D eigenvalue weighted by molar-refractivity contribution is -0.109. The first kappa shape index (κ1) is 17.0. The Hall–Kier alpha value is -2.45. The molecule has 3 heterocycles. The van der Waals surface area contributed by atoms with Crippen LogP contribution < -0.4 is 10.1 Å². The Kier molecular flexibility index (Phi) is 4.16. The van der Waals surface area contributed by atoms with Gasteiger partial charge in [-0.25, -0.2) is 9.78 Å². The lowest BCUT2D eigenvalue weighted by atomic mass is 10.0. The second-order valence-electron chi connectivity index (χ2n) is 6.13. The van der Waals surface area contributed by atoms with Gasteiger partial charge in [-0.1, -0.05) is 0 Å². The van der Waals surface area contributed by atoms with Crippen LogP contribution in [0.15, 0.2) is 22.8 Å². The van der Waals surface area contributed by atoms with Gasteiger partial charge in [0.05, 0.1) is 23.7 Å². The Morgan fingerprint density at radius 3 is 2.96 bits per heavy atom. The number of halogens is 1. The van der Waals surface area contributed by atoms with E-state index in [9.17, 15) is 9.59 Å². The van der Waals surface area contributed by atoms with E-state index in [2.05, 4.69) is 15.3 Å². The fourth-order valence-electron chi connectivity index (χ4n) is 2.81. The zero-order valence-corrected chi connectivity index (χ0v) is 15.3. The predicted molar refractivity (Wildman–Crippen MR) is 95.7 cm³/mol. The molecule has 1 aliphatic carbocycles. The maximum Gasteiger partial charge on any atom is 0.414 e. The third kappa shape index (κ3) is 2.95. The first-order chi connectivity index (χ1) is 12.5. The Bertz CT molecular complexity index is 995. The van der Waals surface area contributed by atoms with E-state index in [1.807, 2.05) is 6.92 Å². The topological polar surface area (TPSA) is 94.3 Å². The maximum atomic E-state index is 12.1. The van der Waals surface area contributed by atoms with Crippen molar-refractivity contribution in [1.29, 1.82) is 0 Å². The number of hydrogen-bond acceptors (Lipinski definition) is 7. The van der Waals surface area contributed by atoms with Crippen LogP contribution in [0, 0.1) is 6.92 Å². The molecule has 0 saturated heterocycles. The van der Waals surface area contributed by atoms with Crippen LogP contribution in [0.4, 0.5) is 4.79 Å². The van der Waals surface area contributed by atoms with Crippen LogP contribution in [-0.2, 0) is 16.8 Å². The van der Waals surface area contributed by atoms with E-state index in [1.165, 1.54) is 17.6 Å². The monoisotopic (exact) mass is 391 g/mol. The smallest absolute Gasteiger partial charge is 0.414 e. The highest BCUT2D eigenvalue weighted by molar-refractivity contribution is 7.19. The quantitative estimate of drug-likeness (QED) is 0.525. The molecule has 1 N–H and O–H groups in total. The third-order valence-electron chi connectivity index (χ3n) is 4.35. The summed E-state index contributed by atoms with van der Waals surface area (Å²) in [6, 6.07) is 3.47. The summed E-state index contributed by atoms with van der Waals surface area (Å²) in [5.74, 6) is 0.682. The summed E-state index contributed by atoms with van der Waals surface area (Å²) < 4.78 is 11.1. The summed E-state index contributed by atoms with van der Waals surface area (Å²) >= 11 is 7.37. The van der Waals surface area contributed by atoms with Gasteiger partial charge in [0.1, 0.15) is 16.7 Å². The summed E-state index contributed by atoms with van der Waals surface area (Å²) in [4.78, 5) is 32.8. The summed E-state index contributed by atoms with van der Waals surface area (Å²) in [6.45, 7) is 2.08. The Morgan fingerprint density at radius 2 is 2.31 bits per heavy atom. The van der Waals surface area contributed by atoms with Crippen molar-refractivity contribution in [3.8, 4) is 5.88 Å². The van der Waals surface area contributed by atoms with Gasteiger partial charge in [0.2, 0.25) is 11.2 Å². The van der Waals surface area contributed by atoms with E-state index < -0.39 is 11.5 Å². The molecule has 3 aromatic rings. The van der Waals surface area contributed by atoms with Crippen molar-refractivity contribution in [3.05, 3.63) is 39.9 Å². The van der Waals surface area contributed by atoms with Gasteiger partial charge < -0.3 is 19.3 Å². The lowest BCUT2D eigenvalue weighted by Gasteiger charge is -2.05. The van der Waals surface area contributed by atoms with E-state index in [0.29, 0.717) is 16.0 Å². The number of rotatable bonds is 5. The number of aryl methyl sites for hydroxylation is 1. The molecule has 3 aromatic heterocycles. The predicted octanol–water partition coefficient (Wildman–Crippen LogP) is 3.77. The molecule has 1 amide bonds. The number of nitrogens with zero attached hydrogens (tertiary/aromatic N) is 2. The number of carbonyl (C=O) groups is 2. The van der Waals surface area contributed by atoms with Gasteiger partial charge in [-0.3, -0.25) is 0 Å². The fourth-order valence-corrected chi connectivity index (χ4v) is 4.35. The van der Waals surface area contributed by atoms with Crippen molar-refractivity contribution >= 4 is 45.5 Å². The van der Waals surface area contributed by atoms with Crippen LogP contribution in [0.3, 0.4) is 0 Å². The zero-order valence-electron chi connectivity index (χ0n) is 13.7. The van der Waals surface area contributed by atoms with Crippen LogP contribution in [0.25, 0.3) is 10.2 Å². The van der Waals surface area contributed by atoms with Gasteiger partial charge >= 0.3 is 6.09 Å². The number of nitrogens with one attached hydrogen (secondary N) is 1. The van der Waals surface area contributed by atoms with Gasteiger partial charge in [-0.05, 0) is 49.1 Å². The standard InChI is InChI=1S/C17H14ClN3O4S/c1-9-11-12(26-13(9)17(8-22)4-5-17)14(21-15(18)20-11)25-16(23)19-7-10-3-2-6-24-10/h2-3,6,8H,4-5,7H2,1H3,(H,19,23). The van der Waals surface area contributed by atoms with Crippen molar-refractivity contribution < 1.29 is 18.7 Å². The molecule has 9 heteroatoms. The van der Waals surface area contributed by atoms with Crippen molar-refractivity contribution in [2.24, 2.45) is 0 Å². The highest BCUT2D eigenvalue weighted by Crippen LogP contribution is 2.52. The van der Waals surface area contributed by atoms with Crippen LogP contribution >= 0.6 is 22.9 Å². The number of hydrogen-bond donors (Lipinski definition) is 1. The molecule has 0 bridgehead atoms. The minimum absolute atomic E-state index is 0.0188. The molecule has 0 atom stereocenters. The van der Waals surface area contributed by atoms with Crippen LogP contribution in [-0.4, -0.2) is 22.3 Å². The van der Waals surface area contributed by atoms with Crippen LogP contribution in [0.1, 0.15) is 29.0 Å². The molecule has 0 aromatic carbocycles. The molecular weight excluding hydrogens is 378 g/mol. The van der Waals surface area contributed by atoms with Crippen LogP contribution in [0.2, 0.25) is 5.28 Å². The number of aldehydes is 1. The molecule has 0 spiro atoms. The molecular formula is C17H14ClN3O4S.